The molecule has 0 bridgehead atoms. The summed E-state index contributed by atoms with van der Waals surface area (Å²) in [5.74, 6) is -0.337. The van der Waals surface area contributed by atoms with Gasteiger partial charge in [-0.3, -0.25) is 4.79 Å². The summed E-state index contributed by atoms with van der Waals surface area (Å²) in [7, 11) is 0. The maximum Gasteiger partial charge on any atom is 0.224 e. The van der Waals surface area contributed by atoms with Crippen molar-refractivity contribution in [1.29, 1.82) is 0 Å². The molecule has 0 unspecified atom stereocenters. The summed E-state index contributed by atoms with van der Waals surface area (Å²) in [5, 5.41) is 2.93. The zero-order valence-electron chi connectivity index (χ0n) is 10.5. The molecular formula is C14H18FNO2. The lowest BCUT2D eigenvalue weighted by Crippen LogP contribution is -2.41. The van der Waals surface area contributed by atoms with E-state index in [1.165, 1.54) is 12.1 Å². The fourth-order valence-corrected chi connectivity index (χ4v) is 2.18. The topological polar surface area (TPSA) is 38.3 Å². The van der Waals surface area contributed by atoms with Crippen molar-refractivity contribution >= 4 is 5.91 Å². The number of rotatable bonds is 4. The zero-order chi connectivity index (χ0) is 13.0. The van der Waals surface area contributed by atoms with E-state index in [2.05, 4.69) is 5.32 Å². The Hall–Kier alpha value is -1.42. The monoisotopic (exact) mass is 251 g/mol. The van der Waals surface area contributed by atoms with E-state index in [9.17, 15) is 9.18 Å². The minimum Gasteiger partial charge on any atom is -0.376 e. The number of nitrogens with one attached hydrogen (secondary N) is 1. The normalized spacial score (nSPS) is 20.7. The Morgan fingerprint density at radius 2 is 2.22 bits per heavy atom. The van der Waals surface area contributed by atoms with Crippen LogP contribution in [0.25, 0.3) is 0 Å². The highest BCUT2D eigenvalue weighted by molar-refractivity contribution is 5.78. The fraction of sp³-hybridized carbons (Fsp3) is 0.500. The predicted octanol–water partition coefficient (Wildman–Crippen LogP) is 2.05. The van der Waals surface area contributed by atoms with E-state index in [4.69, 9.17) is 4.74 Å². The van der Waals surface area contributed by atoms with Crippen LogP contribution in [-0.2, 0) is 16.0 Å². The number of halogens is 1. The molecule has 0 aliphatic carbocycles. The van der Waals surface area contributed by atoms with Gasteiger partial charge in [-0.25, -0.2) is 4.39 Å². The molecule has 2 atom stereocenters. The first-order chi connectivity index (χ1) is 8.65. The van der Waals surface area contributed by atoms with Crippen molar-refractivity contribution in [3.8, 4) is 0 Å². The lowest BCUT2D eigenvalue weighted by atomic mass is 10.1. The van der Waals surface area contributed by atoms with E-state index in [1.54, 1.807) is 12.1 Å². The Balaban J connectivity index is 1.82. The summed E-state index contributed by atoms with van der Waals surface area (Å²) in [6.07, 6.45) is 2.46. The Morgan fingerprint density at radius 3 is 2.83 bits per heavy atom. The van der Waals surface area contributed by atoms with Gasteiger partial charge in [-0.15, -0.1) is 0 Å². The molecule has 1 aromatic carbocycles. The average molecular weight is 251 g/mol. The van der Waals surface area contributed by atoms with Crippen molar-refractivity contribution in [3.63, 3.8) is 0 Å². The highest BCUT2D eigenvalue weighted by atomic mass is 19.1. The molecule has 1 aromatic rings. The molecule has 98 valence electrons. The van der Waals surface area contributed by atoms with Crippen LogP contribution in [0.3, 0.4) is 0 Å². The molecule has 1 amide bonds. The van der Waals surface area contributed by atoms with Crippen LogP contribution < -0.4 is 5.32 Å². The molecule has 1 aliphatic heterocycles. The second kappa shape index (κ2) is 5.96. The highest BCUT2D eigenvalue weighted by Crippen LogP contribution is 2.15. The Bertz CT molecular complexity index is 399. The molecule has 1 fully saturated rings. The van der Waals surface area contributed by atoms with E-state index in [0.29, 0.717) is 0 Å². The molecule has 0 radical (unpaired) electrons. The van der Waals surface area contributed by atoms with Crippen LogP contribution in [0.5, 0.6) is 0 Å². The Labute approximate surface area is 106 Å². The van der Waals surface area contributed by atoms with E-state index in [-0.39, 0.29) is 30.3 Å². The van der Waals surface area contributed by atoms with E-state index < -0.39 is 0 Å². The summed E-state index contributed by atoms with van der Waals surface area (Å²) < 4.78 is 18.2. The highest BCUT2D eigenvalue weighted by Gasteiger charge is 2.23. The average Bonchev–Trinajstić information content (AvgIpc) is 2.85. The van der Waals surface area contributed by atoms with Gasteiger partial charge in [0.25, 0.3) is 0 Å². The van der Waals surface area contributed by atoms with Gasteiger partial charge in [0.05, 0.1) is 18.6 Å². The van der Waals surface area contributed by atoms with Crippen molar-refractivity contribution in [3.05, 3.63) is 35.6 Å². The number of benzene rings is 1. The van der Waals surface area contributed by atoms with Gasteiger partial charge < -0.3 is 10.1 Å². The number of ether oxygens (including phenoxy) is 1. The molecule has 4 heteroatoms. The second-order valence-corrected chi connectivity index (χ2v) is 4.71. The van der Waals surface area contributed by atoms with Crippen molar-refractivity contribution in [2.45, 2.75) is 38.3 Å². The first kappa shape index (κ1) is 13.0. The fourth-order valence-electron chi connectivity index (χ4n) is 2.18. The van der Waals surface area contributed by atoms with Crippen LogP contribution in [0.2, 0.25) is 0 Å². The molecule has 0 saturated carbocycles. The van der Waals surface area contributed by atoms with Gasteiger partial charge in [0.15, 0.2) is 0 Å². The maximum absolute atomic E-state index is 12.7. The van der Waals surface area contributed by atoms with Crippen molar-refractivity contribution in [2.24, 2.45) is 0 Å². The predicted molar refractivity (Wildman–Crippen MR) is 66.7 cm³/mol. The Morgan fingerprint density at radius 1 is 1.50 bits per heavy atom. The molecular weight excluding hydrogens is 233 g/mol. The van der Waals surface area contributed by atoms with Crippen LogP contribution >= 0.6 is 0 Å². The van der Waals surface area contributed by atoms with Crippen LogP contribution in [-0.4, -0.2) is 24.7 Å². The van der Waals surface area contributed by atoms with Crippen LogP contribution in [0.1, 0.15) is 25.3 Å². The molecule has 1 N–H and O–H groups in total. The lowest BCUT2D eigenvalue weighted by Gasteiger charge is -2.19. The minimum absolute atomic E-state index is 0.0282. The quantitative estimate of drug-likeness (QED) is 0.889. The van der Waals surface area contributed by atoms with Gasteiger partial charge in [0.2, 0.25) is 5.91 Å². The van der Waals surface area contributed by atoms with Crippen LogP contribution in [0.4, 0.5) is 4.39 Å². The SMILES string of the molecule is C[C@H](NC(=O)Cc1ccc(F)cc1)[C@H]1CCCO1. The third kappa shape index (κ3) is 3.53. The van der Waals surface area contributed by atoms with Crippen molar-refractivity contribution in [2.75, 3.05) is 6.61 Å². The third-order valence-electron chi connectivity index (χ3n) is 3.19. The van der Waals surface area contributed by atoms with Gasteiger partial charge in [0.1, 0.15) is 5.82 Å². The van der Waals surface area contributed by atoms with Gasteiger partial charge in [-0.2, -0.15) is 0 Å². The summed E-state index contributed by atoms with van der Waals surface area (Å²) in [6, 6.07) is 6.02. The van der Waals surface area contributed by atoms with Crippen molar-refractivity contribution in [1.82, 2.24) is 5.32 Å². The molecule has 0 spiro atoms. The largest absolute Gasteiger partial charge is 0.376 e. The van der Waals surface area contributed by atoms with Crippen LogP contribution in [0.15, 0.2) is 24.3 Å². The first-order valence-electron chi connectivity index (χ1n) is 6.30. The zero-order valence-corrected chi connectivity index (χ0v) is 10.5. The molecule has 0 aromatic heterocycles. The van der Waals surface area contributed by atoms with E-state index in [1.807, 2.05) is 6.92 Å². The smallest absolute Gasteiger partial charge is 0.224 e. The first-order valence-corrected chi connectivity index (χ1v) is 6.30. The number of carbonyl (C=O) groups is 1. The van der Waals surface area contributed by atoms with Gasteiger partial charge in [-0.05, 0) is 37.5 Å². The number of hydrogen-bond donors (Lipinski definition) is 1. The number of amides is 1. The van der Waals surface area contributed by atoms with E-state index in [0.717, 1.165) is 25.0 Å². The summed E-state index contributed by atoms with van der Waals surface area (Å²) in [5.41, 5.74) is 0.813. The molecule has 2 rings (SSSR count). The summed E-state index contributed by atoms with van der Waals surface area (Å²) in [4.78, 5) is 11.8. The minimum atomic E-state index is -0.285. The Kier molecular flexibility index (Phi) is 4.31. The summed E-state index contributed by atoms with van der Waals surface area (Å²) >= 11 is 0. The second-order valence-electron chi connectivity index (χ2n) is 4.71. The van der Waals surface area contributed by atoms with Crippen molar-refractivity contribution < 1.29 is 13.9 Å². The molecule has 1 aliphatic rings. The molecule has 3 nitrogen and oxygen atoms in total. The molecule has 18 heavy (non-hydrogen) atoms. The third-order valence-corrected chi connectivity index (χ3v) is 3.19. The van der Waals surface area contributed by atoms with Gasteiger partial charge in [0, 0.05) is 6.61 Å². The van der Waals surface area contributed by atoms with Crippen LogP contribution in [0, 0.1) is 5.82 Å². The number of hydrogen-bond acceptors (Lipinski definition) is 2. The lowest BCUT2D eigenvalue weighted by molar-refractivity contribution is -0.121. The summed E-state index contributed by atoms with van der Waals surface area (Å²) in [6.45, 7) is 2.74. The van der Waals surface area contributed by atoms with Gasteiger partial charge in [-0.1, -0.05) is 12.1 Å². The standard InChI is InChI=1S/C14H18FNO2/c1-10(13-3-2-8-18-13)16-14(17)9-11-4-6-12(15)7-5-11/h4-7,10,13H,2-3,8-9H2,1H3,(H,16,17)/t10-,13+/m0/s1. The molecule has 1 saturated heterocycles. The van der Waals surface area contributed by atoms with E-state index >= 15 is 0 Å². The maximum atomic E-state index is 12.7. The van der Waals surface area contributed by atoms with Gasteiger partial charge >= 0.3 is 0 Å². The molecule has 1 heterocycles. The number of carbonyl (C=O) groups excluding carboxylic acids is 1.